The summed E-state index contributed by atoms with van der Waals surface area (Å²) in [6.07, 6.45) is 4.87. The number of hydrazone groups is 1. The molecule has 10 heteroatoms. The van der Waals surface area contributed by atoms with Crippen molar-refractivity contribution in [3.05, 3.63) is 81.2 Å². The number of carbonyl (C=O) groups is 4. The maximum absolute atomic E-state index is 12.5. The highest BCUT2D eigenvalue weighted by atomic mass is 32.1. The fourth-order valence-electron chi connectivity index (χ4n) is 4.01. The van der Waals surface area contributed by atoms with Gasteiger partial charge in [0, 0.05) is 4.88 Å². The molecule has 38 heavy (non-hydrogen) atoms. The van der Waals surface area contributed by atoms with Crippen molar-refractivity contribution in [2.45, 2.75) is 39.5 Å². The molecular weight excluding hydrogens is 506 g/mol. The first-order valence-electron chi connectivity index (χ1n) is 12.2. The van der Waals surface area contributed by atoms with Crippen molar-refractivity contribution in [1.82, 2.24) is 5.43 Å². The predicted molar refractivity (Wildman–Crippen MR) is 144 cm³/mol. The minimum Gasteiger partial charge on any atom is -0.462 e. The summed E-state index contributed by atoms with van der Waals surface area (Å²) in [6, 6.07) is 13.6. The number of thiophene rings is 1. The molecule has 4 rings (SSSR count). The summed E-state index contributed by atoms with van der Waals surface area (Å²) in [7, 11) is 0. The quantitative estimate of drug-likeness (QED) is 0.152. The van der Waals surface area contributed by atoms with E-state index in [4.69, 9.17) is 9.47 Å². The normalized spacial score (nSPS) is 12.5. The van der Waals surface area contributed by atoms with Crippen LogP contribution in [0.25, 0.3) is 0 Å². The Bertz CT molecular complexity index is 1390. The lowest BCUT2D eigenvalue weighted by molar-refractivity contribution is -0.136. The third-order valence-electron chi connectivity index (χ3n) is 5.81. The van der Waals surface area contributed by atoms with Crippen LogP contribution in [0.4, 0.5) is 5.00 Å². The number of amides is 2. The molecule has 0 fully saturated rings. The molecule has 2 amide bonds. The van der Waals surface area contributed by atoms with E-state index in [1.165, 1.54) is 17.6 Å². The van der Waals surface area contributed by atoms with Crippen LogP contribution in [0.2, 0.25) is 0 Å². The van der Waals surface area contributed by atoms with Crippen LogP contribution < -0.4 is 15.5 Å². The Hall–Kier alpha value is -4.31. The van der Waals surface area contributed by atoms with Gasteiger partial charge in [-0.05, 0) is 87.1 Å². The SMILES string of the molecule is CCOC(=O)c1c(NC(=O)C(=O)N/N=C/c2ccc(OC(=O)c3cccc(C)c3)cc2)sc2c1CCCC2. The molecule has 2 aromatic carbocycles. The topological polar surface area (TPSA) is 123 Å². The summed E-state index contributed by atoms with van der Waals surface area (Å²) in [5.74, 6) is -2.54. The summed E-state index contributed by atoms with van der Waals surface area (Å²) >= 11 is 1.30. The van der Waals surface area contributed by atoms with Gasteiger partial charge in [0.15, 0.2) is 0 Å². The van der Waals surface area contributed by atoms with Gasteiger partial charge in [-0.1, -0.05) is 17.7 Å². The van der Waals surface area contributed by atoms with Gasteiger partial charge >= 0.3 is 23.8 Å². The fraction of sp³-hybridized carbons (Fsp3) is 0.250. The number of nitrogens with zero attached hydrogens (tertiary/aromatic N) is 1. The number of esters is 2. The van der Waals surface area contributed by atoms with Crippen molar-refractivity contribution in [2.24, 2.45) is 5.10 Å². The summed E-state index contributed by atoms with van der Waals surface area (Å²) in [5, 5.41) is 6.68. The zero-order valence-corrected chi connectivity index (χ0v) is 21.9. The molecule has 0 atom stereocenters. The number of hydrogen-bond acceptors (Lipinski definition) is 8. The molecule has 1 heterocycles. The van der Waals surface area contributed by atoms with Crippen LogP contribution in [0, 0.1) is 6.92 Å². The lowest BCUT2D eigenvalue weighted by Crippen LogP contribution is -2.32. The van der Waals surface area contributed by atoms with Crippen LogP contribution in [0.15, 0.2) is 53.6 Å². The minimum absolute atomic E-state index is 0.210. The van der Waals surface area contributed by atoms with Crippen molar-refractivity contribution in [2.75, 3.05) is 11.9 Å². The van der Waals surface area contributed by atoms with Crippen LogP contribution in [0.1, 0.15) is 62.0 Å². The molecule has 1 aromatic heterocycles. The first-order valence-corrected chi connectivity index (χ1v) is 13.0. The number of ether oxygens (including phenoxy) is 2. The fourth-order valence-corrected chi connectivity index (χ4v) is 5.28. The number of rotatable bonds is 7. The molecule has 0 saturated heterocycles. The molecule has 0 aliphatic heterocycles. The lowest BCUT2D eigenvalue weighted by Gasteiger charge is -2.12. The molecule has 0 spiro atoms. The van der Waals surface area contributed by atoms with E-state index in [9.17, 15) is 19.2 Å². The maximum atomic E-state index is 12.5. The van der Waals surface area contributed by atoms with E-state index >= 15 is 0 Å². The highest BCUT2D eigenvalue weighted by molar-refractivity contribution is 7.17. The molecule has 0 saturated carbocycles. The second-order valence-electron chi connectivity index (χ2n) is 8.62. The molecule has 2 N–H and O–H groups in total. The minimum atomic E-state index is -0.980. The van der Waals surface area contributed by atoms with Crippen LogP contribution in [-0.4, -0.2) is 36.6 Å². The van der Waals surface area contributed by atoms with Crippen molar-refractivity contribution in [3.63, 3.8) is 0 Å². The average molecular weight is 534 g/mol. The van der Waals surface area contributed by atoms with Crippen LogP contribution in [0.5, 0.6) is 5.75 Å². The van der Waals surface area contributed by atoms with Gasteiger partial charge in [-0.3, -0.25) is 9.59 Å². The van der Waals surface area contributed by atoms with Gasteiger partial charge in [0.1, 0.15) is 10.8 Å². The van der Waals surface area contributed by atoms with Crippen LogP contribution >= 0.6 is 11.3 Å². The van der Waals surface area contributed by atoms with Gasteiger partial charge in [-0.25, -0.2) is 15.0 Å². The number of carbonyl (C=O) groups excluding carboxylic acids is 4. The van der Waals surface area contributed by atoms with Crippen LogP contribution in [0.3, 0.4) is 0 Å². The van der Waals surface area contributed by atoms with E-state index in [0.29, 0.717) is 27.4 Å². The van der Waals surface area contributed by atoms with Gasteiger partial charge in [0.25, 0.3) is 0 Å². The Kier molecular flexibility index (Phi) is 8.65. The number of hydrogen-bond donors (Lipinski definition) is 2. The Balaban J connectivity index is 1.34. The highest BCUT2D eigenvalue weighted by Crippen LogP contribution is 2.38. The Morgan fingerprint density at radius 1 is 1.00 bits per heavy atom. The van der Waals surface area contributed by atoms with Gasteiger partial charge in [0.2, 0.25) is 0 Å². The summed E-state index contributed by atoms with van der Waals surface area (Å²) in [5.41, 5.74) is 5.42. The molecule has 3 aromatic rings. The average Bonchev–Trinajstić information content (AvgIpc) is 3.27. The second-order valence-corrected chi connectivity index (χ2v) is 9.72. The van der Waals surface area contributed by atoms with Gasteiger partial charge in [0.05, 0.1) is 23.9 Å². The molecule has 0 unspecified atom stereocenters. The Morgan fingerprint density at radius 3 is 2.50 bits per heavy atom. The number of fused-ring (bicyclic) bond motifs is 1. The van der Waals surface area contributed by atoms with E-state index in [1.54, 1.807) is 49.4 Å². The molecule has 9 nitrogen and oxygen atoms in total. The molecule has 1 aliphatic carbocycles. The Morgan fingerprint density at radius 2 is 1.76 bits per heavy atom. The van der Waals surface area contributed by atoms with Gasteiger partial charge < -0.3 is 14.8 Å². The number of anilines is 1. The maximum Gasteiger partial charge on any atom is 0.343 e. The van der Waals surface area contributed by atoms with E-state index in [2.05, 4.69) is 15.8 Å². The molecule has 196 valence electrons. The van der Waals surface area contributed by atoms with Crippen molar-refractivity contribution >= 4 is 46.3 Å². The van der Waals surface area contributed by atoms with Gasteiger partial charge in [-0.15, -0.1) is 11.3 Å². The largest absolute Gasteiger partial charge is 0.462 e. The van der Waals surface area contributed by atoms with Crippen LogP contribution in [-0.2, 0) is 27.2 Å². The monoisotopic (exact) mass is 533 g/mol. The lowest BCUT2D eigenvalue weighted by atomic mass is 9.95. The standard InChI is InChI=1S/C28H27N3O6S/c1-3-36-28(35)23-21-9-4-5-10-22(21)38-26(23)30-24(32)25(33)31-29-16-18-11-13-20(14-12-18)37-27(34)19-8-6-7-17(2)15-19/h6-8,11-16H,3-5,9-10H2,1-2H3,(H,30,32)(H,31,33)/b29-16+. The molecular formula is C28H27N3O6S. The molecule has 1 aliphatic rings. The zero-order chi connectivity index (χ0) is 27.1. The summed E-state index contributed by atoms with van der Waals surface area (Å²) < 4.78 is 10.5. The summed E-state index contributed by atoms with van der Waals surface area (Å²) in [4.78, 5) is 50.7. The van der Waals surface area contributed by atoms with Crippen molar-refractivity contribution in [3.8, 4) is 5.75 Å². The summed E-state index contributed by atoms with van der Waals surface area (Å²) in [6.45, 7) is 3.82. The van der Waals surface area contributed by atoms with Gasteiger partial charge in [-0.2, -0.15) is 5.10 Å². The highest BCUT2D eigenvalue weighted by Gasteiger charge is 2.28. The van der Waals surface area contributed by atoms with E-state index in [0.717, 1.165) is 41.7 Å². The zero-order valence-electron chi connectivity index (χ0n) is 21.0. The van der Waals surface area contributed by atoms with E-state index < -0.39 is 23.8 Å². The molecule has 0 radical (unpaired) electrons. The predicted octanol–water partition coefficient (Wildman–Crippen LogP) is 4.42. The first-order chi connectivity index (χ1) is 18.4. The second kappa shape index (κ2) is 12.3. The number of benzene rings is 2. The third-order valence-corrected chi connectivity index (χ3v) is 7.02. The van der Waals surface area contributed by atoms with E-state index in [1.807, 2.05) is 13.0 Å². The van der Waals surface area contributed by atoms with E-state index in [-0.39, 0.29) is 6.61 Å². The third kappa shape index (κ3) is 6.51. The van der Waals surface area contributed by atoms with Crippen molar-refractivity contribution in [1.29, 1.82) is 0 Å². The first kappa shape index (κ1) is 26.7. The van der Waals surface area contributed by atoms with Crippen molar-refractivity contribution < 1.29 is 28.7 Å². The number of nitrogens with one attached hydrogen (secondary N) is 2. The molecule has 0 bridgehead atoms. The Labute approximate surface area is 223 Å². The number of aryl methyl sites for hydroxylation is 2. The smallest absolute Gasteiger partial charge is 0.343 e.